The highest BCUT2D eigenvalue weighted by Crippen LogP contribution is 2.27. The Morgan fingerprint density at radius 3 is 2.80 bits per heavy atom. The zero-order valence-corrected chi connectivity index (χ0v) is 14.9. The lowest BCUT2D eigenvalue weighted by molar-refractivity contribution is 0.0958. The van der Waals surface area contributed by atoms with E-state index in [2.05, 4.69) is 10.0 Å². The van der Waals surface area contributed by atoms with E-state index in [0.717, 1.165) is 12.2 Å². The highest BCUT2D eigenvalue weighted by molar-refractivity contribution is 7.89. The van der Waals surface area contributed by atoms with Gasteiger partial charge in [-0.15, -0.1) is 0 Å². The summed E-state index contributed by atoms with van der Waals surface area (Å²) < 4.78 is 53.6. The molecular formula is C16H21F2N3O3S. The third-order valence-electron chi connectivity index (χ3n) is 3.88. The monoisotopic (exact) mass is 373 g/mol. The van der Waals surface area contributed by atoms with Crippen LogP contribution in [0.4, 0.5) is 8.78 Å². The van der Waals surface area contributed by atoms with E-state index >= 15 is 0 Å². The van der Waals surface area contributed by atoms with Crippen LogP contribution < -0.4 is 10.0 Å². The van der Waals surface area contributed by atoms with Gasteiger partial charge in [-0.05, 0) is 31.9 Å². The lowest BCUT2D eigenvalue weighted by Crippen LogP contribution is -2.30. The molecule has 0 aliphatic carbocycles. The molecular weight excluding hydrogens is 352 g/mol. The standard InChI is InChI=1S/C16H21F2N3O3S/c1-11-5-6-13-14(25(23,24)20-11)10-21(2)15(13)16(22)19-12(7-9-18)4-3-8-17/h3-4,7,10-11,20H,5-6,8-9H2,1-2H3,(H,19,22)/b4-3-,12-7+. The first kappa shape index (κ1) is 19.3. The van der Waals surface area contributed by atoms with Crippen LogP contribution in [-0.2, 0) is 23.5 Å². The number of hydrogen-bond donors (Lipinski definition) is 2. The SMILES string of the molecule is CC1CCc2c(cn(C)c2C(=O)NC(/C=C\CF)=C/CF)S(=O)(=O)N1. The van der Waals surface area contributed by atoms with Gasteiger partial charge in [0.2, 0.25) is 10.0 Å². The number of aromatic nitrogens is 1. The van der Waals surface area contributed by atoms with Crippen LogP contribution in [0.15, 0.2) is 35.0 Å². The van der Waals surface area contributed by atoms with Crippen LogP contribution in [0.2, 0.25) is 0 Å². The molecule has 2 rings (SSSR count). The molecule has 1 atom stereocenters. The largest absolute Gasteiger partial charge is 0.345 e. The van der Waals surface area contributed by atoms with Gasteiger partial charge in [-0.3, -0.25) is 4.79 Å². The van der Waals surface area contributed by atoms with Gasteiger partial charge < -0.3 is 9.88 Å². The molecule has 9 heteroatoms. The fourth-order valence-electron chi connectivity index (χ4n) is 2.77. The third-order valence-corrected chi connectivity index (χ3v) is 5.52. The fourth-order valence-corrected chi connectivity index (χ4v) is 4.37. The first-order valence-electron chi connectivity index (χ1n) is 7.80. The van der Waals surface area contributed by atoms with E-state index in [0.29, 0.717) is 18.4 Å². The van der Waals surface area contributed by atoms with Crippen LogP contribution in [-0.4, -0.2) is 38.3 Å². The van der Waals surface area contributed by atoms with Crippen LogP contribution in [0.3, 0.4) is 0 Å². The number of hydrogen-bond acceptors (Lipinski definition) is 3. The van der Waals surface area contributed by atoms with Gasteiger partial charge in [0.15, 0.2) is 0 Å². The lowest BCUT2D eigenvalue weighted by atomic mass is 10.1. The van der Waals surface area contributed by atoms with Gasteiger partial charge in [-0.2, -0.15) is 0 Å². The van der Waals surface area contributed by atoms with Crippen molar-refractivity contribution in [3.8, 4) is 0 Å². The van der Waals surface area contributed by atoms with Crippen LogP contribution in [0.5, 0.6) is 0 Å². The average Bonchev–Trinajstić information content (AvgIpc) is 2.82. The van der Waals surface area contributed by atoms with Crippen molar-refractivity contribution in [3.63, 3.8) is 0 Å². The zero-order valence-electron chi connectivity index (χ0n) is 14.1. The minimum absolute atomic E-state index is 0.0693. The normalized spacial score (nSPS) is 20.3. The summed E-state index contributed by atoms with van der Waals surface area (Å²) >= 11 is 0. The number of halogens is 2. The molecule has 0 saturated heterocycles. The number of fused-ring (bicyclic) bond motifs is 1. The first-order chi connectivity index (χ1) is 11.8. The maximum Gasteiger partial charge on any atom is 0.272 e. The topological polar surface area (TPSA) is 80.2 Å². The zero-order chi connectivity index (χ0) is 18.6. The highest BCUT2D eigenvalue weighted by atomic mass is 32.2. The molecule has 1 aliphatic heterocycles. The molecule has 0 bridgehead atoms. The number of nitrogens with one attached hydrogen (secondary N) is 2. The van der Waals surface area contributed by atoms with E-state index in [1.54, 1.807) is 14.0 Å². The molecule has 0 radical (unpaired) electrons. The van der Waals surface area contributed by atoms with Crippen LogP contribution in [0.25, 0.3) is 0 Å². The molecule has 1 aromatic rings. The van der Waals surface area contributed by atoms with Crippen molar-refractivity contribution in [2.75, 3.05) is 13.3 Å². The van der Waals surface area contributed by atoms with Crippen molar-refractivity contribution in [1.82, 2.24) is 14.6 Å². The molecule has 1 aromatic heterocycles. The Hall–Kier alpha value is -2.00. The number of carbonyl (C=O) groups is 1. The number of alkyl halides is 2. The van der Waals surface area contributed by atoms with E-state index in [1.807, 2.05) is 0 Å². The smallest absolute Gasteiger partial charge is 0.272 e. The highest BCUT2D eigenvalue weighted by Gasteiger charge is 2.31. The first-order valence-corrected chi connectivity index (χ1v) is 9.29. The number of nitrogens with zero attached hydrogens (tertiary/aromatic N) is 1. The third kappa shape index (κ3) is 4.35. The van der Waals surface area contributed by atoms with E-state index in [9.17, 15) is 22.0 Å². The molecule has 1 amide bonds. The van der Waals surface area contributed by atoms with Gasteiger partial charge in [0, 0.05) is 30.5 Å². The second-order valence-corrected chi connectivity index (χ2v) is 7.50. The molecule has 1 unspecified atom stereocenters. The van der Waals surface area contributed by atoms with Crippen molar-refractivity contribution in [3.05, 3.63) is 41.4 Å². The molecule has 2 heterocycles. The quantitative estimate of drug-likeness (QED) is 0.772. The molecule has 1 aliphatic rings. The Balaban J connectivity index is 2.41. The number of amides is 1. The van der Waals surface area contributed by atoms with Gasteiger partial charge in [0.1, 0.15) is 23.9 Å². The van der Waals surface area contributed by atoms with Gasteiger partial charge in [0.25, 0.3) is 5.91 Å². The van der Waals surface area contributed by atoms with Crippen LogP contribution in [0.1, 0.15) is 29.4 Å². The summed E-state index contributed by atoms with van der Waals surface area (Å²) in [6, 6.07) is -0.243. The average molecular weight is 373 g/mol. The molecule has 0 saturated carbocycles. The maximum atomic E-state index is 12.6. The van der Waals surface area contributed by atoms with Crippen molar-refractivity contribution >= 4 is 15.9 Å². The number of sulfonamides is 1. The van der Waals surface area contributed by atoms with Crippen LogP contribution >= 0.6 is 0 Å². The Labute approximate surface area is 145 Å². The predicted octanol–water partition coefficient (Wildman–Crippen LogP) is 1.75. The second-order valence-electron chi connectivity index (χ2n) is 5.82. The molecule has 138 valence electrons. The summed E-state index contributed by atoms with van der Waals surface area (Å²) in [4.78, 5) is 12.7. The van der Waals surface area contributed by atoms with Crippen molar-refractivity contribution in [2.45, 2.75) is 30.7 Å². The molecule has 0 aromatic carbocycles. The Kier molecular flexibility index (Phi) is 6.12. The van der Waals surface area contributed by atoms with E-state index < -0.39 is 29.3 Å². The fraction of sp³-hybridized carbons (Fsp3) is 0.438. The lowest BCUT2D eigenvalue weighted by Gasteiger charge is -2.10. The molecule has 0 fully saturated rings. The molecule has 2 N–H and O–H groups in total. The summed E-state index contributed by atoms with van der Waals surface area (Å²) in [6.45, 7) is 0.182. The summed E-state index contributed by atoms with van der Waals surface area (Å²) in [5.41, 5.74) is 0.724. The van der Waals surface area contributed by atoms with Gasteiger partial charge in [-0.25, -0.2) is 21.9 Å². The number of aryl methyl sites for hydroxylation is 1. The maximum absolute atomic E-state index is 12.6. The minimum atomic E-state index is -3.70. The summed E-state index contributed by atoms with van der Waals surface area (Å²) in [7, 11) is -2.14. The molecule has 6 nitrogen and oxygen atoms in total. The van der Waals surface area contributed by atoms with Gasteiger partial charge in [-0.1, -0.05) is 6.08 Å². The van der Waals surface area contributed by atoms with Crippen LogP contribution in [0, 0.1) is 0 Å². The number of carbonyl (C=O) groups excluding carboxylic acids is 1. The molecule has 0 spiro atoms. The van der Waals surface area contributed by atoms with E-state index in [4.69, 9.17) is 0 Å². The summed E-state index contributed by atoms with van der Waals surface area (Å²) in [6.07, 6.45) is 5.86. The van der Waals surface area contributed by atoms with Gasteiger partial charge >= 0.3 is 0 Å². The predicted molar refractivity (Wildman–Crippen MR) is 90.2 cm³/mol. The van der Waals surface area contributed by atoms with Crippen molar-refractivity contribution < 1.29 is 22.0 Å². The second kappa shape index (κ2) is 7.92. The number of allylic oxidation sites excluding steroid dienone is 3. The Morgan fingerprint density at radius 1 is 1.44 bits per heavy atom. The summed E-state index contributed by atoms with van der Waals surface area (Å²) in [5.74, 6) is -0.572. The van der Waals surface area contributed by atoms with Gasteiger partial charge in [0.05, 0.1) is 0 Å². The Bertz CT molecular complexity index is 813. The van der Waals surface area contributed by atoms with Crippen molar-refractivity contribution in [1.29, 1.82) is 0 Å². The van der Waals surface area contributed by atoms with E-state index in [1.165, 1.54) is 16.8 Å². The van der Waals surface area contributed by atoms with Crippen molar-refractivity contribution in [2.24, 2.45) is 7.05 Å². The number of rotatable bonds is 5. The molecule has 25 heavy (non-hydrogen) atoms. The summed E-state index contributed by atoms with van der Waals surface area (Å²) in [5, 5.41) is 2.50. The Morgan fingerprint density at radius 2 is 2.16 bits per heavy atom. The van der Waals surface area contributed by atoms with E-state index in [-0.39, 0.29) is 22.3 Å². The minimum Gasteiger partial charge on any atom is -0.345 e.